The molecule has 0 aliphatic carbocycles. The van der Waals surface area contributed by atoms with Crippen LogP contribution in [0.3, 0.4) is 0 Å². The summed E-state index contributed by atoms with van der Waals surface area (Å²) < 4.78 is 28.9. The Morgan fingerprint density at radius 3 is 2.10 bits per heavy atom. The second-order valence-electron chi connectivity index (χ2n) is 10.2. The molecule has 3 rings (SSSR count). The summed E-state index contributed by atoms with van der Waals surface area (Å²) in [6.07, 6.45) is 0.740. The topological polar surface area (TPSA) is 86.8 Å². The highest BCUT2D eigenvalue weighted by atomic mass is 35.5. The predicted octanol–water partition coefficient (Wildman–Crippen LogP) is 5.79. The molecule has 3 aromatic rings. The standard InChI is InChI=1S/C31H38ClN3O4S/c1-7-24(5)33-31(37)25(6)34(19-26-11-8-21(2)9-12-26)30(36)20-35(28-15-10-22(3)23(4)18-28)40(38,39)29-16-13-27(32)14-17-29/h8-18,24-25H,7,19-20H2,1-6H3,(H,33,37)/t24-,25-/m1/s1. The van der Waals surface area contributed by atoms with E-state index in [0.29, 0.717) is 10.7 Å². The predicted molar refractivity (Wildman–Crippen MR) is 161 cm³/mol. The molecule has 214 valence electrons. The summed E-state index contributed by atoms with van der Waals surface area (Å²) in [5.41, 5.74) is 4.15. The number of nitrogens with zero attached hydrogens (tertiary/aromatic N) is 2. The Bertz CT molecular complexity index is 1440. The lowest BCUT2D eigenvalue weighted by Crippen LogP contribution is -2.52. The zero-order chi connectivity index (χ0) is 29.6. The van der Waals surface area contributed by atoms with E-state index in [-0.39, 0.29) is 23.4 Å². The van der Waals surface area contributed by atoms with Crippen LogP contribution >= 0.6 is 11.6 Å². The maximum atomic E-state index is 14.0. The maximum Gasteiger partial charge on any atom is 0.264 e. The number of benzene rings is 3. The van der Waals surface area contributed by atoms with Gasteiger partial charge in [-0.3, -0.25) is 13.9 Å². The Morgan fingerprint density at radius 2 is 1.52 bits per heavy atom. The monoisotopic (exact) mass is 583 g/mol. The van der Waals surface area contributed by atoms with Crippen LogP contribution in [-0.2, 0) is 26.2 Å². The minimum absolute atomic E-state index is 0.00979. The summed E-state index contributed by atoms with van der Waals surface area (Å²) in [5.74, 6) is -0.795. The summed E-state index contributed by atoms with van der Waals surface area (Å²) in [7, 11) is -4.15. The van der Waals surface area contributed by atoms with Gasteiger partial charge in [-0.1, -0.05) is 54.4 Å². The highest BCUT2D eigenvalue weighted by molar-refractivity contribution is 7.92. The normalized spacial score (nSPS) is 12.9. The second-order valence-corrected chi connectivity index (χ2v) is 12.5. The highest BCUT2D eigenvalue weighted by Crippen LogP contribution is 2.27. The van der Waals surface area contributed by atoms with Crippen LogP contribution in [0.25, 0.3) is 0 Å². The van der Waals surface area contributed by atoms with E-state index in [1.54, 1.807) is 19.1 Å². The average Bonchev–Trinajstić information content (AvgIpc) is 2.92. The van der Waals surface area contributed by atoms with Crippen LogP contribution in [0, 0.1) is 20.8 Å². The summed E-state index contributed by atoms with van der Waals surface area (Å²) in [6, 6.07) is 17.9. The van der Waals surface area contributed by atoms with Crippen LogP contribution in [0.2, 0.25) is 5.02 Å². The Hall–Kier alpha value is -3.36. The number of hydrogen-bond acceptors (Lipinski definition) is 4. The molecule has 0 fully saturated rings. The number of rotatable bonds is 11. The van der Waals surface area contributed by atoms with E-state index in [1.807, 2.05) is 65.0 Å². The zero-order valence-corrected chi connectivity index (χ0v) is 25.5. The van der Waals surface area contributed by atoms with Crippen molar-refractivity contribution >= 4 is 39.1 Å². The molecule has 0 aliphatic rings. The number of amides is 2. The van der Waals surface area contributed by atoms with E-state index in [2.05, 4.69) is 5.32 Å². The summed E-state index contributed by atoms with van der Waals surface area (Å²) >= 11 is 6.01. The maximum absolute atomic E-state index is 14.0. The van der Waals surface area contributed by atoms with E-state index in [4.69, 9.17) is 11.6 Å². The molecule has 0 radical (unpaired) electrons. The van der Waals surface area contributed by atoms with Gasteiger partial charge in [-0.05, 0) is 94.1 Å². The lowest BCUT2D eigenvalue weighted by molar-refractivity contribution is -0.139. The molecule has 0 aromatic heterocycles. The van der Waals surface area contributed by atoms with E-state index >= 15 is 0 Å². The number of carbonyl (C=O) groups is 2. The SMILES string of the molecule is CC[C@@H](C)NC(=O)[C@@H](C)N(Cc1ccc(C)cc1)C(=O)CN(c1ccc(C)c(C)c1)S(=O)(=O)c1ccc(Cl)cc1. The van der Waals surface area contributed by atoms with Gasteiger partial charge in [0.05, 0.1) is 10.6 Å². The molecule has 2 amide bonds. The van der Waals surface area contributed by atoms with Crippen molar-refractivity contribution in [3.05, 3.63) is 94.0 Å². The molecule has 0 spiro atoms. The van der Waals surface area contributed by atoms with Gasteiger partial charge in [0.25, 0.3) is 10.0 Å². The first-order valence-corrected chi connectivity index (χ1v) is 15.2. The molecule has 0 heterocycles. The first-order valence-electron chi connectivity index (χ1n) is 13.3. The fourth-order valence-electron chi connectivity index (χ4n) is 4.08. The van der Waals surface area contributed by atoms with Gasteiger partial charge in [0.1, 0.15) is 12.6 Å². The number of aryl methyl sites for hydroxylation is 3. The van der Waals surface area contributed by atoms with Gasteiger partial charge in [0.2, 0.25) is 11.8 Å². The molecular formula is C31H38ClN3O4S. The minimum Gasteiger partial charge on any atom is -0.352 e. The average molecular weight is 584 g/mol. The lowest BCUT2D eigenvalue weighted by atomic mass is 10.1. The second kappa shape index (κ2) is 13.3. The Morgan fingerprint density at radius 1 is 0.900 bits per heavy atom. The minimum atomic E-state index is -4.15. The number of nitrogens with one attached hydrogen (secondary N) is 1. The molecule has 3 aromatic carbocycles. The fourth-order valence-corrected chi connectivity index (χ4v) is 5.61. The molecule has 40 heavy (non-hydrogen) atoms. The van der Waals surface area contributed by atoms with Gasteiger partial charge >= 0.3 is 0 Å². The Balaban J connectivity index is 2.04. The van der Waals surface area contributed by atoms with Crippen LogP contribution in [0.15, 0.2) is 71.6 Å². The first-order chi connectivity index (χ1) is 18.8. The van der Waals surface area contributed by atoms with Crippen LogP contribution in [0.5, 0.6) is 0 Å². The van der Waals surface area contributed by atoms with E-state index in [9.17, 15) is 18.0 Å². The molecule has 0 unspecified atom stereocenters. The Kier molecular flexibility index (Phi) is 10.4. The number of sulfonamides is 1. The number of carbonyl (C=O) groups excluding carboxylic acids is 2. The molecule has 1 N–H and O–H groups in total. The highest BCUT2D eigenvalue weighted by Gasteiger charge is 2.33. The van der Waals surface area contributed by atoms with Crippen LogP contribution in [0.1, 0.15) is 49.4 Å². The molecule has 9 heteroatoms. The van der Waals surface area contributed by atoms with Crippen molar-refractivity contribution in [2.24, 2.45) is 0 Å². The van der Waals surface area contributed by atoms with Gasteiger partial charge in [-0.15, -0.1) is 0 Å². The molecular weight excluding hydrogens is 546 g/mol. The molecule has 0 bridgehead atoms. The Labute approximate surface area is 243 Å². The van der Waals surface area contributed by atoms with E-state index < -0.39 is 28.5 Å². The zero-order valence-electron chi connectivity index (χ0n) is 23.9. The van der Waals surface area contributed by atoms with Crippen molar-refractivity contribution < 1.29 is 18.0 Å². The van der Waals surface area contributed by atoms with Crippen LogP contribution < -0.4 is 9.62 Å². The van der Waals surface area contributed by atoms with Crippen LogP contribution in [-0.4, -0.2) is 43.8 Å². The van der Waals surface area contributed by atoms with Crippen molar-refractivity contribution in [3.63, 3.8) is 0 Å². The van der Waals surface area contributed by atoms with Crippen molar-refractivity contribution in [1.29, 1.82) is 0 Å². The van der Waals surface area contributed by atoms with Gasteiger partial charge in [-0.2, -0.15) is 0 Å². The van der Waals surface area contributed by atoms with Crippen molar-refractivity contribution in [3.8, 4) is 0 Å². The molecule has 0 aliphatic heterocycles. The summed E-state index contributed by atoms with van der Waals surface area (Å²) in [5, 5.41) is 3.34. The van der Waals surface area contributed by atoms with Gasteiger partial charge in [0.15, 0.2) is 0 Å². The first kappa shape index (κ1) is 31.2. The molecule has 0 saturated carbocycles. The quantitative estimate of drug-likeness (QED) is 0.309. The number of anilines is 1. The number of hydrogen-bond donors (Lipinski definition) is 1. The van der Waals surface area contributed by atoms with Gasteiger partial charge in [-0.25, -0.2) is 8.42 Å². The smallest absolute Gasteiger partial charge is 0.264 e. The lowest BCUT2D eigenvalue weighted by Gasteiger charge is -2.32. The van der Waals surface area contributed by atoms with Gasteiger partial charge < -0.3 is 10.2 Å². The third-order valence-corrected chi connectivity index (χ3v) is 9.14. The summed E-state index contributed by atoms with van der Waals surface area (Å²) in [6.45, 7) is 11.0. The van der Waals surface area contributed by atoms with Crippen molar-refractivity contribution in [2.75, 3.05) is 10.8 Å². The van der Waals surface area contributed by atoms with Crippen molar-refractivity contribution in [2.45, 2.75) is 71.5 Å². The largest absolute Gasteiger partial charge is 0.352 e. The summed E-state index contributed by atoms with van der Waals surface area (Å²) in [4.78, 5) is 28.6. The fraction of sp³-hybridized carbons (Fsp3) is 0.355. The number of halogens is 1. The van der Waals surface area contributed by atoms with E-state index in [1.165, 1.54) is 29.2 Å². The van der Waals surface area contributed by atoms with Gasteiger partial charge in [0, 0.05) is 17.6 Å². The third-order valence-electron chi connectivity index (χ3n) is 7.10. The molecule has 2 atom stereocenters. The molecule has 0 saturated heterocycles. The van der Waals surface area contributed by atoms with E-state index in [0.717, 1.165) is 33.0 Å². The third kappa shape index (κ3) is 7.64. The van der Waals surface area contributed by atoms with Crippen molar-refractivity contribution in [1.82, 2.24) is 10.2 Å². The van der Waals surface area contributed by atoms with Crippen LogP contribution in [0.4, 0.5) is 5.69 Å². The molecule has 7 nitrogen and oxygen atoms in total.